The first-order valence-corrected chi connectivity index (χ1v) is 10.9. The quantitative estimate of drug-likeness (QED) is 0.377. The molecule has 2 N–H and O–H groups in total. The zero-order valence-electron chi connectivity index (χ0n) is 18.1. The topological polar surface area (TPSA) is 104 Å². The number of Topliss-reactive ketones (excluding diaryl/α,β-unsaturated/α-hetero) is 1. The van der Waals surface area contributed by atoms with Crippen LogP contribution in [0, 0.1) is 11.7 Å². The molecule has 2 aromatic rings. The Hall–Kier alpha value is -3.49. The highest BCUT2D eigenvalue weighted by Crippen LogP contribution is 2.25. The molecule has 0 saturated carbocycles. The summed E-state index contributed by atoms with van der Waals surface area (Å²) in [5, 5.41) is 19.3. The van der Waals surface area contributed by atoms with Crippen LogP contribution < -0.4 is 4.74 Å². The molecule has 0 fully saturated rings. The van der Waals surface area contributed by atoms with Gasteiger partial charge < -0.3 is 14.9 Å². The molecule has 1 unspecified atom stereocenters. The second-order valence-electron chi connectivity index (χ2n) is 7.73. The maximum absolute atomic E-state index is 13.3. The summed E-state index contributed by atoms with van der Waals surface area (Å²) in [6, 6.07) is 11.7. The zero-order chi connectivity index (χ0) is 24.7. The van der Waals surface area contributed by atoms with E-state index in [-0.39, 0.29) is 12.0 Å². The monoisotopic (exact) mass is 487 g/mol. The predicted molar refractivity (Wildman–Crippen MR) is 123 cm³/mol. The predicted octanol–water partition coefficient (Wildman–Crippen LogP) is 4.43. The Morgan fingerprint density at radius 1 is 1.09 bits per heavy atom. The first kappa shape index (κ1) is 25.1. The molecule has 0 radical (unpaired) electrons. The maximum atomic E-state index is 13.3. The van der Waals surface area contributed by atoms with Gasteiger partial charge in [-0.3, -0.25) is 9.69 Å². The van der Waals surface area contributed by atoms with Crippen molar-refractivity contribution in [1.29, 1.82) is 0 Å². The van der Waals surface area contributed by atoms with E-state index in [2.05, 4.69) is 0 Å². The van der Waals surface area contributed by atoms with Crippen molar-refractivity contribution in [3.05, 3.63) is 88.4 Å². The number of rotatable bonds is 10. The number of nitrogens with zero attached hydrogens (tertiary/aromatic N) is 1. The van der Waals surface area contributed by atoms with Crippen LogP contribution in [0.3, 0.4) is 0 Å². The minimum absolute atomic E-state index is 0.0861. The Bertz CT molecular complexity index is 1110. The van der Waals surface area contributed by atoms with Gasteiger partial charge in [0.1, 0.15) is 17.3 Å². The average Bonchev–Trinajstić information content (AvgIpc) is 2.81. The van der Waals surface area contributed by atoms with Crippen molar-refractivity contribution >= 4 is 29.3 Å². The molecule has 1 heterocycles. The number of hydrogen-bond acceptors (Lipinski definition) is 5. The van der Waals surface area contributed by atoms with Crippen LogP contribution in [0.2, 0.25) is 5.02 Å². The molecule has 0 bridgehead atoms. The van der Waals surface area contributed by atoms with Crippen LogP contribution in [0.5, 0.6) is 5.75 Å². The van der Waals surface area contributed by atoms with Crippen molar-refractivity contribution in [3.8, 4) is 5.75 Å². The number of aliphatic carboxylic acids is 2. The van der Waals surface area contributed by atoms with Gasteiger partial charge in [-0.25, -0.2) is 14.0 Å². The van der Waals surface area contributed by atoms with Crippen LogP contribution in [-0.4, -0.2) is 52.5 Å². The fourth-order valence-electron chi connectivity index (χ4n) is 3.64. The van der Waals surface area contributed by atoms with Crippen LogP contribution in [0.15, 0.2) is 72.0 Å². The molecule has 0 aromatic heterocycles. The molecule has 2 aromatic carbocycles. The molecular formula is C25H23ClFNO6. The first-order chi connectivity index (χ1) is 16.2. The fraction of sp³-hybridized carbons (Fsp3) is 0.240. The van der Waals surface area contributed by atoms with E-state index < -0.39 is 35.0 Å². The lowest BCUT2D eigenvalue weighted by Gasteiger charge is -2.28. The largest absolute Gasteiger partial charge is 0.478 e. The minimum atomic E-state index is -1.49. The molecular weight excluding hydrogens is 465 g/mol. The molecule has 0 spiro atoms. The number of carboxylic acid groups (broad SMARTS) is 2. The Morgan fingerprint density at radius 3 is 2.32 bits per heavy atom. The van der Waals surface area contributed by atoms with Crippen molar-refractivity contribution in [2.75, 3.05) is 19.6 Å². The Balaban J connectivity index is 1.70. The summed E-state index contributed by atoms with van der Waals surface area (Å²) in [7, 11) is 0. The van der Waals surface area contributed by atoms with E-state index in [1.54, 1.807) is 24.3 Å². The van der Waals surface area contributed by atoms with Crippen molar-refractivity contribution in [2.45, 2.75) is 12.8 Å². The standard InChI is InChI=1S/C25H23ClFNO6/c26-17-3-7-19(8-4-17)34-20-9-12-28(13-10-20)14-11-21(22(25(32)33)15-23(29)30)24(31)16-1-5-18(27)6-2-16/h1-9,15,21H,10-14H2,(H,29,30)(H,32,33)/b22-15+. The van der Waals surface area contributed by atoms with Crippen LogP contribution >= 0.6 is 11.6 Å². The van der Waals surface area contributed by atoms with Gasteiger partial charge in [0.05, 0.1) is 11.5 Å². The second kappa shape index (κ2) is 11.6. The van der Waals surface area contributed by atoms with Gasteiger partial charge in [-0.2, -0.15) is 0 Å². The number of ketones is 1. The van der Waals surface area contributed by atoms with Gasteiger partial charge >= 0.3 is 11.9 Å². The van der Waals surface area contributed by atoms with Gasteiger partial charge in [-0.15, -0.1) is 0 Å². The van der Waals surface area contributed by atoms with E-state index in [4.69, 9.17) is 21.4 Å². The van der Waals surface area contributed by atoms with E-state index in [9.17, 15) is 23.9 Å². The molecule has 0 aliphatic carbocycles. The summed E-state index contributed by atoms with van der Waals surface area (Å²) >= 11 is 5.88. The average molecular weight is 488 g/mol. The third-order valence-electron chi connectivity index (χ3n) is 5.39. The fourth-order valence-corrected chi connectivity index (χ4v) is 3.77. The van der Waals surface area contributed by atoms with E-state index in [1.165, 1.54) is 12.1 Å². The summed E-state index contributed by atoms with van der Waals surface area (Å²) in [6.07, 6.45) is 3.14. The number of carbonyl (C=O) groups excluding carboxylic acids is 1. The first-order valence-electron chi connectivity index (χ1n) is 10.6. The molecule has 0 amide bonds. The van der Waals surface area contributed by atoms with E-state index in [1.807, 2.05) is 11.0 Å². The van der Waals surface area contributed by atoms with Crippen molar-refractivity contribution in [1.82, 2.24) is 4.90 Å². The molecule has 3 rings (SSSR count). The Labute approximate surface area is 200 Å². The van der Waals surface area contributed by atoms with Gasteiger partial charge in [0.15, 0.2) is 5.78 Å². The lowest BCUT2D eigenvalue weighted by molar-refractivity contribution is -0.135. The molecule has 34 heavy (non-hydrogen) atoms. The van der Waals surface area contributed by atoms with Gasteiger partial charge in [0, 0.05) is 36.2 Å². The van der Waals surface area contributed by atoms with Crippen LogP contribution in [0.25, 0.3) is 0 Å². The summed E-state index contributed by atoms with van der Waals surface area (Å²) in [5.41, 5.74) is -0.401. The summed E-state index contributed by atoms with van der Waals surface area (Å²) < 4.78 is 19.1. The molecule has 1 aliphatic heterocycles. The Kier molecular flexibility index (Phi) is 8.56. The lowest BCUT2D eigenvalue weighted by atomic mass is 9.87. The molecule has 7 nitrogen and oxygen atoms in total. The number of carbonyl (C=O) groups is 3. The summed E-state index contributed by atoms with van der Waals surface area (Å²) in [4.78, 5) is 38.0. The smallest absolute Gasteiger partial charge is 0.332 e. The van der Waals surface area contributed by atoms with Crippen molar-refractivity contribution in [2.24, 2.45) is 5.92 Å². The van der Waals surface area contributed by atoms with Crippen LogP contribution in [-0.2, 0) is 9.59 Å². The van der Waals surface area contributed by atoms with Gasteiger partial charge in [-0.05, 0) is 67.6 Å². The summed E-state index contributed by atoms with van der Waals surface area (Å²) in [6.45, 7) is 1.49. The van der Waals surface area contributed by atoms with Crippen LogP contribution in [0.4, 0.5) is 4.39 Å². The molecule has 178 valence electrons. The molecule has 0 saturated heterocycles. The number of halogens is 2. The van der Waals surface area contributed by atoms with Gasteiger partial charge in [-0.1, -0.05) is 11.6 Å². The second-order valence-corrected chi connectivity index (χ2v) is 8.17. The van der Waals surface area contributed by atoms with Gasteiger partial charge in [0.2, 0.25) is 0 Å². The van der Waals surface area contributed by atoms with Crippen LogP contribution in [0.1, 0.15) is 23.2 Å². The van der Waals surface area contributed by atoms with Gasteiger partial charge in [0.25, 0.3) is 0 Å². The third kappa shape index (κ3) is 7.00. The normalized spacial score (nSPS) is 15.4. The highest BCUT2D eigenvalue weighted by molar-refractivity contribution is 6.30. The van der Waals surface area contributed by atoms with E-state index in [0.717, 1.165) is 17.9 Å². The Morgan fingerprint density at radius 2 is 1.76 bits per heavy atom. The van der Waals surface area contributed by atoms with Crippen molar-refractivity contribution < 1.29 is 33.7 Å². The zero-order valence-corrected chi connectivity index (χ0v) is 18.9. The number of hydrogen-bond donors (Lipinski definition) is 2. The molecule has 1 atom stereocenters. The highest BCUT2D eigenvalue weighted by Gasteiger charge is 2.30. The SMILES string of the molecule is O=C(O)/C=C(/C(=O)O)C(CCN1CC=C(Oc2ccc(Cl)cc2)CC1)C(=O)c1ccc(F)cc1. The number of ether oxygens (including phenoxy) is 1. The summed E-state index contributed by atoms with van der Waals surface area (Å²) in [5.74, 6) is -3.80. The van der Waals surface area contributed by atoms with E-state index >= 15 is 0 Å². The van der Waals surface area contributed by atoms with Crippen molar-refractivity contribution in [3.63, 3.8) is 0 Å². The maximum Gasteiger partial charge on any atom is 0.332 e. The lowest BCUT2D eigenvalue weighted by Crippen LogP contribution is -2.34. The third-order valence-corrected chi connectivity index (χ3v) is 5.65. The highest BCUT2D eigenvalue weighted by atomic mass is 35.5. The molecule has 9 heteroatoms. The molecule has 1 aliphatic rings. The number of benzene rings is 2. The number of carboxylic acids is 2. The minimum Gasteiger partial charge on any atom is -0.478 e. The van der Waals surface area contributed by atoms with E-state index in [0.29, 0.717) is 42.9 Å².